The quantitative estimate of drug-likeness (QED) is 0.188. The summed E-state index contributed by atoms with van der Waals surface area (Å²) in [4.78, 5) is 10.4. The van der Waals surface area contributed by atoms with Crippen LogP contribution in [0.3, 0.4) is 0 Å². The second-order valence-corrected chi connectivity index (χ2v) is 12.9. The molecule has 0 unspecified atom stereocenters. The highest BCUT2D eigenvalue weighted by molar-refractivity contribution is 6.14. The number of benzene rings is 7. The maximum atomic E-state index is 6.78. The lowest BCUT2D eigenvalue weighted by molar-refractivity contribution is 0.666. The molecule has 0 atom stereocenters. The Morgan fingerprint density at radius 3 is 1.56 bits per heavy atom. The van der Waals surface area contributed by atoms with Crippen LogP contribution < -0.4 is 0 Å². The Hall–Kier alpha value is -6.58. The number of hydrogen-bond donors (Lipinski definition) is 0. The first-order valence-electron chi connectivity index (χ1n) is 17.0. The van der Waals surface area contributed by atoms with Crippen molar-refractivity contribution in [3.05, 3.63) is 204 Å². The number of fused-ring (bicyclic) bond motifs is 6. The molecule has 0 aliphatic heterocycles. The second-order valence-electron chi connectivity index (χ2n) is 12.9. The molecular formula is C47H30N2O. The largest absolute Gasteiger partial charge is 0.456 e. The van der Waals surface area contributed by atoms with Crippen molar-refractivity contribution in [1.29, 1.82) is 0 Å². The average Bonchev–Trinajstić information content (AvgIpc) is 3.71. The molecule has 0 saturated carbocycles. The van der Waals surface area contributed by atoms with E-state index < -0.39 is 5.41 Å². The summed E-state index contributed by atoms with van der Waals surface area (Å²) >= 11 is 0. The highest BCUT2D eigenvalue weighted by atomic mass is 16.3. The van der Waals surface area contributed by atoms with Crippen LogP contribution in [-0.2, 0) is 5.41 Å². The monoisotopic (exact) mass is 638 g/mol. The molecule has 234 valence electrons. The first-order valence-corrected chi connectivity index (χ1v) is 17.0. The fourth-order valence-corrected chi connectivity index (χ4v) is 8.03. The lowest BCUT2D eigenvalue weighted by Gasteiger charge is -2.33. The van der Waals surface area contributed by atoms with Crippen molar-refractivity contribution in [3.8, 4) is 45.0 Å². The Bertz CT molecular complexity index is 2580. The van der Waals surface area contributed by atoms with Crippen LogP contribution in [-0.4, -0.2) is 9.97 Å². The molecule has 2 heterocycles. The highest BCUT2D eigenvalue weighted by Gasteiger charge is 2.46. The van der Waals surface area contributed by atoms with Gasteiger partial charge >= 0.3 is 0 Å². The standard InChI is InChI=1S/C47H30N2O/c1-5-16-31(17-6-1)41-30-42(32-18-7-2-8-19-32)49-46(48-41)36-25-15-27-43-45(36)38-28-37-35-24-13-14-26-39(35)47(33-20-9-3-10-21-33,34-22-11-4-12-23-34)40(37)29-44(38)50-43/h1-30H. The zero-order valence-electron chi connectivity index (χ0n) is 27.1. The van der Waals surface area contributed by atoms with Crippen LogP contribution in [0.1, 0.15) is 22.3 Å². The minimum atomic E-state index is -0.498. The summed E-state index contributed by atoms with van der Waals surface area (Å²) in [7, 11) is 0. The van der Waals surface area contributed by atoms with E-state index in [9.17, 15) is 0 Å². The number of rotatable bonds is 5. The summed E-state index contributed by atoms with van der Waals surface area (Å²) in [5, 5.41) is 2.07. The molecule has 3 heteroatoms. The van der Waals surface area contributed by atoms with E-state index in [2.05, 4.69) is 140 Å². The van der Waals surface area contributed by atoms with E-state index in [4.69, 9.17) is 14.4 Å². The molecule has 1 aliphatic carbocycles. The minimum absolute atomic E-state index is 0.498. The Morgan fingerprint density at radius 2 is 0.940 bits per heavy atom. The molecular weight excluding hydrogens is 609 g/mol. The SMILES string of the molecule is c1ccc(-c2cc(-c3ccccc3)nc(-c3cccc4oc5cc6c(cc5c34)-c3ccccc3C6(c3ccccc3)c3ccccc3)n2)cc1. The fourth-order valence-electron chi connectivity index (χ4n) is 8.03. The second kappa shape index (κ2) is 11.3. The van der Waals surface area contributed by atoms with E-state index in [-0.39, 0.29) is 0 Å². The number of furan rings is 1. The molecule has 0 amide bonds. The van der Waals surface area contributed by atoms with Gasteiger partial charge in [0.1, 0.15) is 11.2 Å². The van der Waals surface area contributed by atoms with Gasteiger partial charge in [0.25, 0.3) is 0 Å². The van der Waals surface area contributed by atoms with Gasteiger partial charge in [0, 0.05) is 27.5 Å². The number of aromatic nitrogens is 2. The van der Waals surface area contributed by atoms with Gasteiger partial charge < -0.3 is 4.42 Å². The van der Waals surface area contributed by atoms with E-state index in [0.29, 0.717) is 5.82 Å². The van der Waals surface area contributed by atoms with E-state index in [1.54, 1.807) is 0 Å². The third-order valence-electron chi connectivity index (χ3n) is 10.2. The van der Waals surface area contributed by atoms with Gasteiger partial charge in [-0.2, -0.15) is 0 Å². The van der Waals surface area contributed by atoms with Crippen molar-refractivity contribution in [2.75, 3.05) is 0 Å². The zero-order valence-corrected chi connectivity index (χ0v) is 27.1. The third-order valence-corrected chi connectivity index (χ3v) is 10.2. The summed E-state index contributed by atoms with van der Waals surface area (Å²) in [6.07, 6.45) is 0. The Labute approximate surface area is 290 Å². The Balaban J connectivity index is 1.26. The first kappa shape index (κ1) is 28.4. The van der Waals surface area contributed by atoms with Crippen LogP contribution in [0.2, 0.25) is 0 Å². The molecule has 1 aliphatic rings. The van der Waals surface area contributed by atoms with Crippen molar-refractivity contribution >= 4 is 21.9 Å². The lowest BCUT2D eigenvalue weighted by atomic mass is 9.67. The smallest absolute Gasteiger partial charge is 0.161 e. The molecule has 0 saturated heterocycles. The molecule has 0 spiro atoms. The zero-order chi connectivity index (χ0) is 33.1. The molecule has 10 rings (SSSR count). The molecule has 0 radical (unpaired) electrons. The number of hydrogen-bond acceptors (Lipinski definition) is 3. The molecule has 0 fully saturated rings. The Morgan fingerprint density at radius 1 is 0.400 bits per heavy atom. The van der Waals surface area contributed by atoms with Crippen molar-refractivity contribution in [1.82, 2.24) is 9.97 Å². The van der Waals surface area contributed by atoms with Gasteiger partial charge in [0.2, 0.25) is 0 Å². The molecule has 9 aromatic rings. The normalized spacial score (nSPS) is 13.0. The van der Waals surface area contributed by atoms with Gasteiger partial charge in [-0.3, -0.25) is 0 Å². The van der Waals surface area contributed by atoms with Gasteiger partial charge in [-0.25, -0.2) is 9.97 Å². The lowest BCUT2D eigenvalue weighted by Crippen LogP contribution is -2.28. The van der Waals surface area contributed by atoms with Gasteiger partial charge in [-0.05, 0) is 57.6 Å². The highest BCUT2D eigenvalue weighted by Crippen LogP contribution is 2.57. The molecule has 7 aromatic carbocycles. The van der Waals surface area contributed by atoms with Gasteiger partial charge in [-0.15, -0.1) is 0 Å². The van der Waals surface area contributed by atoms with Crippen LogP contribution in [0, 0.1) is 0 Å². The fraction of sp³-hybridized carbons (Fsp3) is 0.0213. The van der Waals surface area contributed by atoms with Crippen molar-refractivity contribution in [2.45, 2.75) is 5.41 Å². The van der Waals surface area contributed by atoms with Crippen LogP contribution in [0.15, 0.2) is 186 Å². The summed E-state index contributed by atoms with van der Waals surface area (Å²) < 4.78 is 6.78. The topological polar surface area (TPSA) is 38.9 Å². The molecule has 0 N–H and O–H groups in total. The molecule has 50 heavy (non-hydrogen) atoms. The predicted octanol–water partition coefficient (Wildman–Crippen LogP) is 11.7. The van der Waals surface area contributed by atoms with Gasteiger partial charge in [-0.1, -0.05) is 158 Å². The van der Waals surface area contributed by atoms with Crippen molar-refractivity contribution < 1.29 is 4.42 Å². The van der Waals surface area contributed by atoms with Gasteiger partial charge in [0.05, 0.1) is 16.8 Å². The van der Waals surface area contributed by atoms with Crippen LogP contribution in [0.5, 0.6) is 0 Å². The maximum Gasteiger partial charge on any atom is 0.161 e. The van der Waals surface area contributed by atoms with E-state index >= 15 is 0 Å². The third kappa shape index (κ3) is 4.23. The molecule has 2 aromatic heterocycles. The van der Waals surface area contributed by atoms with Crippen molar-refractivity contribution in [2.24, 2.45) is 0 Å². The van der Waals surface area contributed by atoms with Crippen LogP contribution in [0.25, 0.3) is 67.0 Å². The summed E-state index contributed by atoms with van der Waals surface area (Å²) in [6.45, 7) is 0. The maximum absolute atomic E-state index is 6.78. The average molecular weight is 639 g/mol. The van der Waals surface area contributed by atoms with Crippen LogP contribution >= 0.6 is 0 Å². The predicted molar refractivity (Wildman–Crippen MR) is 203 cm³/mol. The molecule has 3 nitrogen and oxygen atoms in total. The summed E-state index contributed by atoms with van der Waals surface area (Å²) in [5.74, 6) is 0.669. The van der Waals surface area contributed by atoms with Gasteiger partial charge in [0.15, 0.2) is 5.82 Å². The van der Waals surface area contributed by atoms with Crippen LogP contribution in [0.4, 0.5) is 0 Å². The first-order chi connectivity index (χ1) is 24.8. The summed E-state index contributed by atoms with van der Waals surface area (Å²) in [5.41, 5.74) is 13.4. The minimum Gasteiger partial charge on any atom is -0.456 e. The number of nitrogens with zero attached hydrogens (tertiary/aromatic N) is 2. The Kier molecular flexibility index (Phi) is 6.40. The van der Waals surface area contributed by atoms with E-state index in [0.717, 1.165) is 50.0 Å². The van der Waals surface area contributed by atoms with E-state index in [1.807, 2.05) is 42.5 Å². The summed E-state index contributed by atoms with van der Waals surface area (Å²) in [6, 6.07) is 64.2. The molecule has 0 bridgehead atoms. The van der Waals surface area contributed by atoms with Crippen molar-refractivity contribution in [3.63, 3.8) is 0 Å². The van der Waals surface area contributed by atoms with E-state index in [1.165, 1.54) is 33.4 Å².